The number of hydrogen-bond acceptors (Lipinski definition) is 1. The van der Waals surface area contributed by atoms with Crippen LogP contribution in [0.1, 0.15) is 40.0 Å². The van der Waals surface area contributed by atoms with Gasteiger partial charge in [0.15, 0.2) is 0 Å². The zero-order valence-electron chi connectivity index (χ0n) is 8.44. The molecule has 0 aromatic heterocycles. The lowest BCUT2D eigenvalue weighted by molar-refractivity contribution is 0.0606. The van der Waals surface area contributed by atoms with Crippen molar-refractivity contribution in [2.24, 2.45) is 0 Å². The van der Waals surface area contributed by atoms with E-state index in [1.165, 1.54) is 0 Å². The maximum Gasteiger partial charge on any atom is 0.103 e. The van der Waals surface area contributed by atoms with Crippen LogP contribution in [0.5, 0.6) is 0 Å². The minimum absolute atomic E-state index is 0.264. The molecule has 12 heavy (non-hydrogen) atoms. The molecule has 2 heteroatoms. The fraction of sp³-hybridized carbons (Fsp3) is 1.00. The predicted octanol–water partition coefficient (Wildman–Crippen LogP) is 2.61. The van der Waals surface area contributed by atoms with Crippen molar-refractivity contribution in [2.75, 3.05) is 13.1 Å². The number of hydrogen-bond donors (Lipinski definition) is 0. The fourth-order valence-corrected chi connectivity index (χ4v) is 1.68. The van der Waals surface area contributed by atoms with Gasteiger partial charge in [0, 0.05) is 18.6 Å². The van der Waals surface area contributed by atoms with Gasteiger partial charge in [0.25, 0.3) is 0 Å². The van der Waals surface area contributed by atoms with Crippen LogP contribution in [0, 0.1) is 0 Å². The molecule has 0 N–H and O–H groups in total. The van der Waals surface area contributed by atoms with Crippen LogP contribution in [0.3, 0.4) is 0 Å². The van der Waals surface area contributed by atoms with Crippen LogP contribution in [-0.4, -0.2) is 29.7 Å². The molecule has 0 saturated carbocycles. The van der Waals surface area contributed by atoms with Gasteiger partial charge in [0.2, 0.25) is 0 Å². The van der Waals surface area contributed by atoms with Crippen LogP contribution >= 0.6 is 0 Å². The second kappa shape index (κ2) is 3.73. The Balaban J connectivity index is 2.44. The van der Waals surface area contributed by atoms with Crippen molar-refractivity contribution in [1.82, 2.24) is 4.90 Å². The third-order valence-electron chi connectivity index (χ3n) is 3.15. The lowest BCUT2D eigenvalue weighted by Gasteiger charge is -2.41. The normalized spacial score (nSPS) is 23.0. The van der Waals surface area contributed by atoms with E-state index in [1.54, 1.807) is 0 Å². The van der Waals surface area contributed by atoms with Gasteiger partial charge in [-0.2, -0.15) is 0 Å². The first-order valence-corrected chi connectivity index (χ1v) is 4.95. The van der Waals surface area contributed by atoms with Gasteiger partial charge in [-0.15, -0.1) is 0 Å². The Hall–Kier alpha value is -0.110. The van der Waals surface area contributed by atoms with Crippen LogP contribution in [0.4, 0.5) is 4.39 Å². The van der Waals surface area contributed by atoms with Gasteiger partial charge in [-0.25, -0.2) is 4.39 Å². The van der Waals surface area contributed by atoms with Gasteiger partial charge >= 0.3 is 0 Å². The fourth-order valence-electron chi connectivity index (χ4n) is 1.68. The first-order valence-electron chi connectivity index (χ1n) is 4.95. The Morgan fingerprint density at radius 3 is 2.25 bits per heavy atom. The average Bonchev–Trinajstić information content (AvgIpc) is 2.05. The highest BCUT2D eigenvalue weighted by atomic mass is 19.1. The molecule has 0 aromatic rings. The molecule has 0 amide bonds. The summed E-state index contributed by atoms with van der Waals surface area (Å²) >= 11 is 0. The molecule has 1 nitrogen and oxygen atoms in total. The SMILES string of the molecule is CCC(C)(C)N1CCC(F)CC1. The Morgan fingerprint density at radius 2 is 1.83 bits per heavy atom. The van der Waals surface area contributed by atoms with E-state index in [2.05, 4.69) is 25.7 Å². The number of nitrogens with zero attached hydrogens (tertiary/aromatic N) is 1. The zero-order chi connectivity index (χ0) is 9.19. The lowest BCUT2D eigenvalue weighted by Crippen LogP contribution is -2.48. The minimum atomic E-state index is -0.547. The van der Waals surface area contributed by atoms with Crippen molar-refractivity contribution in [1.29, 1.82) is 0 Å². The molecule has 1 aliphatic heterocycles. The predicted molar refractivity (Wildman–Crippen MR) is 50.1 cm³/mol. The van der Waals surface area contributed by atoms with E-state index in [9.17, 15) is 4.39 Å². The van der Waals surface area contributed by atoms with Crippen molar-refractivity contribution in [3.8, 4) is 0 Å². The van der Waals surface area contributed by atoms with Crippen molar-refractivity contribution in [2.45, 2.75) is 51.7 Å². The van der Waals surface area contributed by atoms with Crippen molar-refractivity contribution >= 4 is 0 Å². The molecule has 0 atom stereocenters. The van der Waals surface area contributed by atoms with Crippen LogP contribution in [0.15, 0.2) is 0 Å². The standard InChI is InChI=1S/C10H20FN/c1-4-10(2,3)12-7-5-9(11)6-8-12/h9H,4-8H2,1-3H3. The Kier molecular flexibility index (Phi) is 3.10. The summed E-state index contributed by atoms with van der Waals surface area (Å²) in [6.45, 7) is 8.54. The maximum atomic E-state index is 12.8. The van der Waals surface area contributed by atoms with E-state index >= 15 is 0 Å². The summed E-state index contributed by atoms with van der Waals surface area (Å²) in [7, 11) is 0. The number of rotatable bonds is 2. The molecule has 1 fully saturated rings. The summed E-state index contributed by atoms with van der Waals surface area (Å²) < 4.78 is 12.8. The van der Waals surface area contributed by atoms with E-state index in [-0.39, 0.29) is 5.54 Å². The molecule has 0 radical (unpaired) electrons. The Bertz CT molecular complexity index is 137. The van der Waals surface area contributed by atoms with E-state index in [1.807, 2.05) is 0 Å². The molecule has 0 aliphatic carbocycles. The van der Waals surface area contributed by atoms with Gasteiger partial charge in [0.05, 0.1) is 0 Å². The highest BCUT2D eigenvalue weighted by molar-refractivity contribution is 4.84. The van der Waals surface area contributed by atoms with Crippen LogP contribution in [-0.2, 0) is 0 Å². The summed E-state index contributed by atoms with van der Waals surface area (Å²) in [5, 5.41) is 0. The topological polar surface area (TPSA) is 3.24 Å². The quantitative estimate of drug-likeness (QED) is 0.620. The smallest absolute Gasteiger partial charge is 0.103 e. The van der Waals surface area contributed by atoms with E-state index in [4.69, 9.17) is 0 Å². The van der Waals surface area contributed by atoms with E-state index in [0.29, 0.717) is 0 Å². The number of piperidine rings is 1. The highest BCUT2D eigenvalue weighted by Gasteiger charge is 2.28. The molecule has 0 aromatic carbocycles. The molecule has 1 saturated heterocycles. The van der Waals surface area contributed by atoms with Crippen LogP contribution < -0.4 is 0 Å². The molecule has 72 valence electrons. The molecule has 1 aliphatic rings. The van der Waals surface area contributed by atoms with Gasteiger partial charge in [-0.3, -0.25) is 4.90 Å². The average molecular weight is 173 g/mol. The summed E-state index contributed by atoms with van der Waals surface area (Å²) in [4.78, 5) is 2.41. The van der Waals surface area contributed by atoms with Crippen LogP contribution in [0.25, 0.3) is 0 Å². The Morgan fingerprint density at radius 1 is 1.33 bits per heavy atom. The van der Waals surface area contributed by atoms with Gasteiger partial charge in [-0.1, -0.05) is 6.92 Å². The minimum Gasteiger partial charge on any atom is -0.298 e. The monoisotopic (exact) mass is 173 g/mol. The molecule has 0 unspecified atom stereocenters. The summed E-state index contributed by atoms with van der Waals surface area (Å²) in [5.74, 6) is 0. The molecule has 0 spiro atoms. The maximum absolute atomic E-state index is 12.8. The zero-order valence-corrected chi connectivity index (χ0v) is 8.44. The van der Waals surface area contributed by atoms with E-state index in [0.717, 1.165) is 32.4 Å². The summed E-state index contributed by atoms with van der Waals surface area (Å²) in [6.07, 6.45) is 2.05. The van der Waals surface area contributed by atoms with Crippen molar-refractivity contribution < 1.29 is 4.39 Å². The Labute approximate surface area is 74.9 Å². The second-order valence-electron chi connectivity index (χ2n) is 4.33. The van der Waals surface area contributed by atoms with Gasteiger partial charge < -0.3 is 0 Å². The second-order valence-corrected chi connectivity index (χ2v) is 4.33. The molecular formula is C10H20FN. The van der Waals surface area contributed by atoms with E-state index < -0.39 is 6.17 Å². The van der Waals surface area contributed by atoms with Gasteiger partial charge in [0.1, 0.15) is 6.17 Å². The molecule has 1 heterocycles. The number of halogens is 1. The van der Waals surface area contributed by atoms with Crippen molar-refractivity contribution in [3.63, 3.8) is 0 Å². The van der Waals surface area contributed by atoms with Crippen LogP contribution in [0.2, 0.25) is 0 Å². The molecule has 0 bridgehead atoms. The summed E-state index contributed by atoms with van der Waals surface area (Å²) in [6, 6.07) is 0. The molecule has 1 rings (SSSR count). The first-order chi connectivity index (χ1) is 5.56. The number of likely N-dealkylation sites (tertiary alicyclic amines) is 1. The van der Waals surface area contributed by atoms with Crippen molar-refractivity contribution in [3.05, 3.63) is 0 Å². The first kappa shape index (κ1) is 9.97. The third kappa shape index (κ3) is 2.19. The number of alkyl halides is 1. The van der Waals surface area contributed by atoms with Gasteiger partial charge in [-0.05, 0) is 33.1 Å². The highest BCUT2D eigenvalue weighted by Crippen LogP contribution is 2.24. The third-order valence-corrected chi connectivity index (χ3v) is 3.15. The molecular weight excluding hydrogens is 153 g/mol. The summed E-state index contributed by atoms with van der Waals surface area (Å²) in [5.41, 5.74) is 0.264. The largest absolute Gasteiger partial charge is 0.298 e. The lowest BCUT2D eigenvalue weighted by atomic mass is 9.95.